The molecule has 0 spiro atoms. The third kappa shape index (κ3) is 12.5. The highest BCUT2D eigenvalue weighted by molar-refractivity contribution is 4.76. The third-order valence-corrected chi connectivity index (χ3v) is 3.21. The molecule has 0 aromatic heterocycles. The lowest BCUT2D eigenvalue weighted by molar-refractivity contribution is -0.181. The highest BCUT2D eigenvalue weighted by Gasteiger charge is 2.23. The zero-order valence-corrected chi connectivity index (χ0v) is 14.6. The second-order valence-electron chi connectivity index (χ2n) is 5.47. The van der Waals surface area contributed by atoms with E-state index in [1.54, 1.807) is 6.08 Å². The van der Waals surface area contributed by atoms with E-state index in [0.29, 0.717) is 65.9 Å². The van der Waals surface area contributed by atoms with E-state index in [0.717, 1.165) is 0 Å². The lowest BCUT2D eigenvalue weighted by Gasteiger charge is -2.28. The molecule has 0 fully saturated rings. The Bertz CT molecular complexity index is 275. The molecule has 0 radical (unpaired) electrons. The fraction of sp³-hybridized carbons (Fsp3) is 0.875. The molecule has 138 valence electrons. The van der Waals surface area contributed by atoms with Crippen LogP contribution in [-0.2, 0) is 23.7 Å². The minimum atomic E-state index is -0.478. The number of rotatable bonds is 17. The molecule has 0 aliphatic carbocycles. The van der Waals surface area contributed by atoms with Crippen molar-refractivity contribution in [3.05, 3.63) is 12.7 Å². The Hall–Kier alpha value is -0.540. The van der Waals surface area contributed by atoms with E-state index in [9.17, 15) is 0 Å². The molecule has 7 heteroatoms. The molecule has 1 unspecified atom stereocenters. The zero-order chi connectivity index (χ0) is 17.4. The summed E-state index contributed by atoms with van der Waals surface area (Å²) in [6, 6.07) is 0. The van der Waals surface area contributed by atoms with Crippen molar-refractivity contribution in [1.82, 2.24) is 0 Å². The van der Waals surface area contributed by atoms with Gasteiger partial charge in [0.1, 0.15) is 0 Å². The summed E-state index contributed by atoms with van der Waals surface area (Å²) >= 11 is 0. The van der Waals surface area contributed by atoms with Crippen molar-refractivity contribution in [2.24, 2.45) is 16.9 Å². The molecule has 0 saturated carbocycles. The summed E-state index contributed by atoms with van der Waals surface area (Å²) < 4.78 is 27.3. The van der Waals surface area contributed by atoms with Crippen LogP contribution in [0.15, 0.2) is 12.7 Å². The number of hydrogen-bond donors (Lipinski definition) is 2. The standard InChI is InChI=1S/C16H34N2O5/c1-4-6-22-15(23-14-16(3,12-17)13-18)11-21-10-9-20-8-7-19-5-2/h4,15H,1,5-14,17-18H2,2-3H3. The quantitative estimate of drug-likeness (QED) is 0.227. The van der Waals surface area contributed by atoms with Crippen LogP contribution in [0.3, 0.4) is 0 Å². The van der Waals surface area contributed by atoms with Crippen molar-refractivity contribution in [3.63, 3.8) is 0 Å². The molecule has 0 aromatic rings. The van der Waals surface area contributed by atoms with Crippen LogP contribution in [0, 0.1) is 5.41 Å². The van der Waals surface area contributed by atoms with Crippen LogP contribution < -0.4 is 11.5 Å². The summed E-state index contributed by atoms with van der Waals surface area (Å²) in [7, 11) is 0. The molecule has 0 bridgehead atoms. The number of hydrogen-bond acceptors (Lipinski definition) is 7. The molecule has 0 saturated heterocycles. The molecule has 23 heavy (non-hydrogen) atoms. The van der Waals surface area contributed by atoms with Crippen LogP contribution in [0.4, 0.5) is 0 Å². The minimum absolute atomic E-state index is 0.266. The topological polar surface area (TPSA) is 98.2 Å². The number of nitrogens with two attached hydrogens (primary N) is 2. The van der Waals surface area contributed by atoms with Crippen LogP contribution in [0.1, 0.15) is 13.8 Å². The highest BCUT2D eigenvalue weighted by atomic mass is 16.7. The first kappa shape index (κ1) is 22.5. The van der Waals surface area contributed by atoms with Crippen molar-refractivity contribution in [2.75, 3.05) is 65.9 Å². The molecular formula is C16H34N2O5. The summed E-state index contributed by atoms with van der Waals surface area (Å²) in [5.41, 5.74) is 11.2. The highest BCUT2D eigenvalue weighted by Crippen LogP contribution is 2.14. The lowest BCUT2D eigenvalue weighted by Crippen LogP contribution is -2.41. The van der Waals surface area contributed by atoms with Crippen molar-refractivity contribution in [2.45, 2.75) is 20.1 Å². The Labute approximate surface area is 140 Å². The van der Waals surface area contributed by atoms with Gasteiger partial charge < -0.3 is 35.2 Å². The Balaban J connectivity index is 3.89. The van der Waals surface area contributed by atoms with E-state index in [1.807, 2.05) is 13.8 Å². The molecule has 7 nitrogen and oxygen atoms in total. The Morgan fingerprint density at radius 1 is 1.00 bits per heavy atom. The Kier molecular flexibility index (Phi) is 14.7. The van der Waals surface area contributed by atoms with E-state index >= 15 is 0 Å². The predicted octanol–water partition coefficient (Wildman–Crippen LogP) is 0.525. The van der Waals surface area contributed by atoms with Crippen LogP contribution >= 0.6 is 0 Å². The molecule has 4 N–H and O–H groups in total. The molecule has 0 aliphatic heterocycles. The van der Waals surface area contributed by atoms with Gasteiger partial charge in [0.2, 0.25) is 0 Å². The summed E-state index contributed by atoms with van der Waals surface area (Å²) in [5, 5.41) is 0. The van der Waals surface area contributed by atoms with Gasteiger partial charge in [0, 0.05) is 25.1 Å². The van der Waals surface area contributed by atoms with Gasteiger partial charge in [-0.1, -0.05) is 13.0 Å². The molecular weight excluding hydrogens is 300 g/mol. The van der Waals surface area contributed by atoms with E-state index in [1.165, 1.54) is 0 Å². The summed E-state index contributed by atoms with van der Waals surface area (Å²) in [4.78, 5) is 0. The van der Waals surface area contributed by atoms with Crippen molar-refractivity contribution in [1.29, 1.82) is 0 Å². The smallest absolute Gasteiger partial charge is 0.181 e. The van der Waals surface area contributed by atoms with Gasteiger partial charge in [-0.2, -0.15) is 0 Å². The van der Waals surface area contributed by atoms with Gasteiger partial charge in [0.15, 0.2) is 6.29 Å². The first-order valence-electron chi connectivity index (χ1n) is 8.09. The van der Waals surface area contributed by atoms with Gasteiger partial charge in [-0.05, 0) is 6.92 Å². The van der Waals surface area contributed by atoms with Crippen LogP contribution in [-0.4, -0.2) is 72.2 Å². The third-order valence-electron chi connectivity index (χ3n) is 3.21. The first-order valence-corrected chi connectivity index (χ1v) is 8.09. The Morgan fingerprint density at radius 3 is 2.17 bits per heavy atom. The average Bonchev–Trinajstić information content (AvgIpc) is 2.58. The van der Waals surface area contributed by atoms with Crippen LogP contribution in [0.2, 0.25) is 0 Å². The van der Waals surface area contributed by atoms with Crippen LogP contribution in [0.25, 0.3) is 0 Å². The second-order valence-corrected chi connectivity index (χ2v) is 5.47. The minimum Gasteiger partial charge on any atom is -0.379 e. The molecule has 0 aliphatic rings. The maximum Gasteiger partial charge on any atom is 0.181 e. The normalized spacial score (nSPS) is 13.2. The number of ether oxygens (including phenoxy) is 5. The van der Waals surface area contributed by atoms with Gasteiger partial charge in [0.05, 0.1) is 46.2 Å². The van der Waals surface area contributed by atoms with E-state index in [4.69, 9.17) is 35.2 Å². The maximum absolute atomic E-state index is 5.73. The van der Waals surface area contributed by atoms with Crippen molar-refractivity contribution >= 4 is 0 Å². The summed E-state index contributed by atoms with van der Waals surface area (Å²) in [6.07, 6.45) is 1.19. The fourth-order valence-electron chi connectivity index (χ4n) is 1.48. The monoisotopic (exact) mass is 334 g/mol. The fourth-order valence-corrected chi connectivity index (χ4v) is 1.48. The van der Waals surface area contributed by atoms with Crippen molar-refractivity contribution < 1.29 is 23.7 Å². The molecule has 0 rings (SSSR count). The second kappa shape index (κ2) is 15.0. The van der Waals surface area contributed by atoms with Gasteiger partial charge >= 0.3 is 0 Å². The molecule has 1 atom stereocenters. The van der Waals surface area contributed by atoms with Gasteiger partial charge in [-0.3, -0.25) is 0 Å². The van der Waals surface area contributed by atoms with E-state index < -0.39 is 6.29 Å². The summed E-state index contributed by atoms with van der Waals surface area (Å²) in [6.45, 7) is 12.4. The molecule has 0 aromatic carbocycles. The average molecular weight is 334 g/mol. The molecule has 0 heterocycles. The Morgan fingerprint density at radius 2 is 1.61 bits per heavy atom. The van der Waals surface area contributed by atoms with E-state index in [2.05, 4.69) is 6.58 Å². The maximum atomic E-state index is 5.73. The predicted molar refractivity (Wildman–Crippen MR) is 90.2 cm³/mol. The van der Waals surface area contributed by atoms with Crippen LogP contribution in [0.5, 0.6) is 0 Å². The van der Waals surface area contributed by atoms with E-state index in [-0.39, 0.29) is 5.41 Å². The lowest BCUT2D eigenvalue weighted by atomic mass is 9.92. The zero-order valence-electron chi connectivity index (χ0n) is 14.6. The van der Waals surface area contributed by atoms with Gasteiger partial charge in [-0.15, -0.1) is 6.58 Å². The summed E-state index contributed by atoms with van der Waals surface area (Å²) in [5.74, 6) is 0. The van der Waals surface area contributed by atoms with Crippen molar-refractivity contribution in [3.8, 4) is 0 Å². The SMILES string of the molecule is C=CCOC(COCCOCCOCC)OCC(C)(CN)CN. The van der Waals surface area contributed by atoms with Gasteiger partial charge in [-0.25, -0.2) is 0 Å². The molecule has 0 amide bonds. The van der Waals surface area contributed by atoms with Gasteiger partial charge in [0.25, 0.3) is 0 Å². The first-order chi connectivity index (χ1) is 11.1. The largest absolute Gasteiger partial charge is 0.379 e.